The standard InChI is InChI=1S/C18H11BrClF3/c19-14-5-8-16-13(10-14)9-12(17(16)18(21,22)23)4-1-11-2-6-15(20)7-3-11/h1-8,10H,9H2/b4-1+. The Morgan fingerprint density at radius 3 is 2.35 bits per heavy atom. The van der Waals surface area contributed by atoms with Crippen molar-refractivity contribution in [2.24, 2.45) is 0 Å². The summed E-state index contributed by atoms with van der Waals surface area (Å²) in [6.07, 6.45) is -0.884. The molecule has 1 aliphatic carbocycles. The van der Waals surface area contributed by atoms with Gasteiger partial charge in [-0.15, -0.1) is 0 Å². The Balaban J connectivity index is 2.00. The van der Waals surface area contributed by atoms with Crippen molar-refractivity contribution < 1.29 is 13.2 Å². The molecule has 0 radical (unpaired) electrons. The molecule has 0 amide bonds. The first kappa shape index (κ1) is 16.3. The predicted octanol–water partition coefficient (Wildman–Crippen LogP) is 6.69. The molecule has 0 saturated heterocycles. The van der Waals surface area contributed by atoms with Gasteiger partial charge < -0.3 is 0 Å². The monoisotopic (exact) mass is 398 g/mol. The zero-order valence-electron chi connectivity index (χ0n) is 11.8. The van der Waals surface area contributed by atoms with Gasteiger partial charge in [0.1, 0.15) is 0 Å². The van der Waals surface area contributed by atoms with Crippen LogP contribution >= 0.6 is 27.5 Å². The van der Waals surface area contributed by atoms with Crippen molar-refractivity contribution in [1.29, 1.82) is 0 Å². The Hall–Kier alpha value is -1.52. The molecule has 1 aliphatic rings. The van der Waals surface area contributed by atoms with Gasteiger partial charge in [0.25, 0.3) is 0 Å². The molecular weight excluding hydrogens is 389 g/mol. The number of benzene rings is 2. The second-order valence-electron chi connectivity index (χ2n) is 5.26. The summed E-state index contributed by atoms with van der Waals surface area (Å²) < 4.78 is 41.1. The predicted molar refractivity (Wildman–Crippen MR) is 91.3 cm³/mol. The lowest BCUT2D eigenvalue weighted by molar-refractivity contribution is -0.0690. The number of allylic oxidation sites excluding steroid dienone is 3. The van der Waals surface area contributed by atoms with Gasteiger partial charge in [-0.2, -0.15) is 13.2 Å². The molecule has 0 bridgehead atoms. The normalized spacial score (nSPS) is 14.7. The van der Waals surface area contributed by atoms with E-state index in [0.717, 1.165) is 10.0 Å². The van der Waals surface area contributed by atoms with Gasteiger partial charge in [0, 0.05) is 9.50 Å². The smallest absolute Gasteiger partial charge is 0.166 e. The van der Waals surface area contributed by atoms with Crippen LogP contribution in [-0.4, -0.2) is 6.18 Å². The number of hydrogen-bond donors (Lipinski definition) is 0. The quantitative estimate of drug-likeness (QED) is 0.528. The summed E-state index contributed by atoms with van der Waals surface area (Å²) in [7, 11) is 0. The molecule has 118 valence electrons. The van der Waals surface area contributed by atoms with E-state index in [-0.39, 0.29) is 17.6 Å². The van der Waals surface area contributed by atoms with Crippen LogP contribution in [0.3, 0.4) is 0 Å². The molecule has 0 saturated carbocycles. The van der Waals surface area contributed by atoms with Crippen molar-refractivity contribution in [2.45, 2.75) is 12.6 Å². The zero-order valence-corrected chi connectivity index (χ0v) is 14.1. The van der Waals surface area contributed by atoms with Crippen LogP contribution in [-0.2, 0) is 6.42 Å². The molecule has 0 spiro atoms. The molecular formula is C18H11BrClF3. The molecule has 5 heteroatoms. The SMILES string of the molecule is FC(F)(F)C1=C(/C=C/c2ccc(Cl)cc2)Cc2cc(Br)ccc21. The molecule has 0 nitrogen and oxygen atoms in total. The number of hydrogen-bond acceptors (Lipinski definition) is 0. The summed E-state index contributed by atoms with van der Waals surface area (Å²) in [5, 5.41) is 0.593. The first-order chi connectivity index (χ1) is 10.8. The maximum atomic E-state index is 13.4. The van der Waals surface area contributed by atoms with Crippen LogP contribution in [0.4, 0.5) is 13.2 Å². The fraction of sp³-hybridized carbons (Fsp3) is 0.111. The Kier molecular flexibility index (Phi) is 4.39. The number of alkyl halides is 3. The van der Waals surface area contributed by atoms with Crippen molar-refractivity contribution in [3.8, 4) is 0 Å². The van der Waals surface area contributed by atoms with Crippen molar-refractivity contribution in [2.75, 3.05) is 0 Å². The van der Waals surface area contributed by atoms with E-state index in [2.05, 4.69) is 15.9 Å². The van der Waals surface area contributed by atoms with E-state index in [0.29, 0.717) is 10.6 Å². The van der Waals surface area contributed by atoms with E-state index in [9.17, 15) is 13.2 Å². The minimum atomic E-state index is -4.38. The maximum absolute atomic E-state index is 13.4. The topological polar surface area (TPSA) is 0 Å². The van der Waals surface area contributed by atoms with E-state index in [1.807, 2.05) is 0 Å². The molecule has 0 fully saturated rings. The first-order valence-electron chi connectivity index (χ1n) is 6.87. The van der Waals surface area contributed by atoms with Crippen molar-refractivity contribution in [1.82, 2.24) is 0 Å². The third kappa shape index (κ3) is 3.54. The minimum absolute atomic E-state index is 0.261. The van der Waals surface area contributed by atoms with Gasteiger partial charge in [0.05, 0.1) is 5.57 Å². The van der Waals surface area contributed by atoms with Crippen molar-refractivity contribution >= 4 is 39.2 Å². The molecule has 2 aromatic rings. The molecule has 3 rings (SSSR count). The Morgan fingerprint density at radius 1 is 1.00 bits per heavy atom. The molecule has 0 N–H and O–H groups in total. The van der Waals surface area contributed by atoms with Crippen LogP contribution < -0.4 is 0 Å². The highest BCUT2D eigenvalue weighted by Crippen LogP contribution is 2.44. The summed E-state index contributed by atoms with van der Waals surface area (Å²) in [5.41, 5.74) is 1.48. The highest BCUT2D eigenvalue weighted by molar-refractivity contribution is 9.10. The summed E-state index contributed by atoms with van der Waals surface area (Å²) in [6.45, 7) is 0. The van der Waals surface area contributed by atoms with Crippen molar-refractivity contribution in [3.63, 3.8) is 0 Å². The fourth-order valence-corrected chi connectivity index (χ4v) is 3.20. The number of halogens is 5. The lowest BCUT2D eigenvalue weighted by Crippen LogP contribution is -2.10. The third-order valence-corrected chi connectivity index (χ3v) is 4.41. The fourth-order valence-electron chi connectivity index (χ4n) is 2.67. The summed E-state index contributed by atoms with van der Waals surface area (Å²) >= 11 is 9.12. The van der Waals surface area contributed by atoms with Gasteiger partial charge in [-0.05, 0) is 52.9 Å². The van der Waals surface area contributed by atoms with Gasteiger partial charge in [-0.3, -0.25) is 0 Å². The molecule has 0 aliphatic heterocycles. The molecule has 23 heavy (non-hydrogen) atoms. The van der Waals surface area contributed by atoms with Crippen LogP contribution in [0.5, 0.6) is 0 Å². The molecule has 0 atom stereocenters. The largest absolute Gasteiger partial charge is 0.417 e. The molecule has 0 aromatic heterocycles. The number of rotatable bonds is 2. The van der Waals surface area contributed by atoms with Crippen LogP contribution in [0.15, 0.2) is 58.6 Å². The van der Waals surface area contributed by atoms with E-state index in [1.165, 1.54) is 6.07 Å². The van der Waals surface area contributed by atoms with Crippen LogP contribution in [0.25, 0.3) is 11.6 Å². The second kappa shape index (κ2) is 6.17. The van der Waals surface area contributed by atoms with Crippen LogP contribution in [0.1, 0.15) is 16.7 Å². The van der Waals surface area contributed by atoms with Crippen LogP contribution in [0, 0.1) is 0 Å². The zero-order chi connectivity index (χ0) is 16.6. The lowest BCUT2D eigenvalue weighted by Gasteiger charge is -2.11. The summed E-state index contributed by atoms with van der Waals surface area (Å²) in [6, 6.07) is 11.9. The molecule has 0 heterocycles. The van der Waals surface area contributed by atoms with Crippen molar-refractivity contribution in [3.05, 3.63) is 80.3 Å². The first-order valence-corrected chi connectivity index (χ1v) is 8.04. The average molecular weight is 400 g/mol. The Bertz CT molecular complexity index is 802. The van der Waals surface area contributed by atoms with E-state index >= 15 is 0 Å². The van der Waals surface area contributed by atoms with Crippen LogP contribution in [0.2, 0.25) is 5.02 Å². The van der Waals surface area contributed by atoms with Gasteiger partial charge in [-0.1, -0.05) is 57.9 Å². The van der Waals surface area contributed by atoms with E-state index in [1.54, 1.807) is 48.6 Å². The van der Waals surface area contributed by atoms with Gasteiger partial charge in [0.15, 0.2) is 0 Å². The third-order valence-electron chi connectivity index (χ3n) is 3.67. The van der Waals surface area contributed by atoms with E-state index < -0.39 is 11.7 Å². The van der Waals surface area contributed by atoms with Gasteiger partial charge in [0.2, 0.25) is 0 Å². The second-order valence-corrected chi connectivity index (χ2v) is 6.61. The highest BCUT2D eigenvalue weighted by atomic mass is 79.9. The number of fused-ring (bicyclic) bond motifs is 1. The Labute approximate surface area is 145 Å². The van der Waals surface area contributed by atoms with Gasteiger partial charge in [-0.25, -0.2) is 0 Å². The molecule has 0 unspecified atom stereocenters. The lowest BCUT2D eigenvalue weighted by atomic mass is 10.0. The van der Waals surface area contributed by atoms with Gasteiger partial charge >= 0.3 is 6.18 Å². The maximum Gasteiger partial charge on any atom is 0.417 e. The summed E-state index contributed by atoms with van der Waals surface area (Å²) in [4.78, 5) is 0. The minimum Gasteiger partial charge on any atom is -0.166 e. The molecule has 2 aromatic carbocycles. The van der Waals surface area contributed by atoms with E-state index in [4.69, 9.17) is 11.6 Å². The average Bonchev–Trinajstić information content (AvgIpc) is 2.84. The highest BCUT2D eigenvalue weighted by Gasteiger charge is 2.40. The Morgan fingerprint density at radius 2 is 1.70 bits per heavy atom. The summed E-state index contributed by atoms with van der Waals surface area (Å²) in [5.74, 6) is 0.